The molecule has 1 saturated heterocycles. The number of rotatable bonds is 7. The lowest BCUT2D eigenvalue weighted by Crippen LogP contribution is -2.20. The fourth-order valence-electron chi connectivity index (χ4n) is 2.55. The second kappa shape index (κ2) is 8.16. The Hall–Kier alpha value is -0.580. The minimum Gasteiger partial charge on any atom is -0.493 e. The van der Waals surface area contributed by atoms with E-state index in [0.29, 0.717) is 11.8 Å². The van der Waals surface area contributed by atoms with E-state index in [-0.39, 0.29) is 0 Å². The first kappa shape index (κ1) is 16.8. The summed E-state index contributed by atoms with van der Waals surface area (Å²) in [6.45, 7) is 10.9. The molecule has 0 aliphatic carbocycles. The first-order valence-corrected chi connectivity index (χ1v) is 8.56. The average molecular weight is 356 g/mol. The van der Waals surface area contributed by atoms with Crippen molar-refractivity contribution in [2.45, 2.75) is 33.7 Å². The number of aryl methyl sites for hydroxylation is 1. The highest BCUT2D eigenvalue weighted by Gasteiger charge is 2.18. The van der Waals surface area contributed by atoms with Crippen molar-refractivity contribution in [2.24, 2.45) is 11.8 Å². The molecule has 118 valence electrons. The lowest BCUT2D eigenvalue weighted by Gasteiger charge is -2.18. The lowest BCUT2D eigenvalue weighted by atomic mass is 10.1. The normalized spacial score (nSPS) is 18.4. The summed E-state index contributed by atoms with van der Waals surface area (Å²) in [7, 11) is 0. The second-order valence-corrected chi connectivity index (χ2v) is 7.19. The third-order valence-electron chi connectivity index (χ3n) is 3.67. The SMILES string of the molecule is Cc1cc(Br)cc(CNCC(C)C)c1OCC1CCOC1. The largest absolute Gasteiger partial charge is 0.493 e. The van der Waals surface area contributed by atoms with Gasteiger partial charge in [0.2, 0.25) is 0 Å². The molecule has 0 amide bonds. The summed E-state index contributed by atoms with van der Waals surface area (Å²) in [5.41, 5.74) is 2.41. The molecule has 1 unspecified atom stereocenters. The van der Waals surface area contributed by atoms with Gasteiger partial charge in [-0.3, -0.25) is 0 Å². The first-order chi connectivity index (χ1) is 10.1. The number of benzene rings is 1. The maximum atomic E-state index is 6.12. The third kappa shape index (κ3) is 5.28. The van der Waals surface area contributed by atoms with E-state index in [2.05, 4.69) is 54.2 Å². The van der Waals surface area contributed by atoms with Gasteiger partial charge in [0.05, 0.1) is 13.2 Å². The number of hydrogen-bond acceptors (Lipinski definition) is 3. The molecule has 0 bridgehead atoms. The zero-order chi connectivity index (χ0) is 15.2. The van der Waals surface area contributed by atoms with Crippen LogP contribution in [-0.4, -0.2) is 26.4 Å². The zero-order valence-electron chi connectivity index (χ0n) is 13.2. The van der Waals surface area contributed by atoms with Crippen LogP contribution in [0.4, 0.5) is 0 Å². The summed E-state index contributed by atoms with van der Waals surface area (Å²) >= 11 is 3.58. The van der Waals surface area contributed by atoms with Gasteiger partial charge in [0.15, 0.2) is 0 Å². The molecule has 1 aliphatic rings. The third-order valence-corrected chi connectivity index (χ3v) is 4.13. The Morgan fingerprint density at radius 1 is 1.43 bits per heavy atom. The maximum Gasteiger partial charge on any atom is 0.126 e. The molecular formula is C17H26BrNO2. The predicted molar refractivity (Wildman–Crippen MR) is 89.8 cm³/mol. The van der Waals surface area contributed by atoms with Crippen LogP contribution in [0.2, 0.25) is 0 Å². The summed E-state index contributed by atoms with van der Waals surface area (Å²) in [5.74, 6) is 2.21. The molecule has 1 fully saturated rings. The van der Waals surface area contributed by atoms with Crippen molar-refractivity contribution in [1.29, 1.82) is 0 Å². The molecule has 0 spiro atoms. The fraction of sp³-hybridized carbons (Fsp3) is 0.647. The van der Waals surface area contributed by atoms with Gasteiger partial charge in [0.1, 0.15) is 5.75 Å². The van der Waals surface area contributed by atoms with Gasteiger partial charge in [-0.05, 0) is 43.5 Å². The Morgan fingerprint density at radius 3 is 2.90 bits per heavy atom. The molecule has 0 saturated carbocycles. The molecule has 2 rings (SSSR count). The van der Waals surface area contributed by atoms with Gasteiger partial charge in [-0.15, -0.1) is 0 Å². The van der Waals surface area contributed by atoms with E-state index >= 15 is 0 Å². The van der Waals surface area contributed by atoms with Crippen molar-refractivity contribution in [3.8, 4) is 5.75 Å². The molecule has 4 heteroatoms. The summed E-state index contributed by atoms with van der Waals surface area (Å²) in [5, 5.41) is 3.50. The van der Waals surface area contributed by atoms with E-state index in [4.69, 9.17) is 9.47 Å². The topological polar surface area (TPSA) is 30.5 Å². The lowest BCUT2D eigenvalue weighted by molar-refractivity contribution is 0.166. The minimum absolute atomic E-state index is 0.532. The van der Waals surface area contributed by atoms with E-state index in [1.165, 1.54) is 11.1 Å². The minimum atomic E-state index is 0.532. The van der Waals surface area contributed by atoms with Crippen LogP contribution < -0.4 is 10.1 Å². The summed E-state index contributed by atoms with van der Waals surface area (Å²) in [6, 6.07) is 4.27. The van der Waals surface area contributed by atoms with Crippen molar-refractivity contribution in [3.63, 3.8) is 0 Å². The molecule has 3 nitrogen and oxygen atoms in total. The molecule has 1 aromatic rings. The van der Waals surface area contributed by atoms with Crippen LogP contribution in [0.15, 0.2) is 16.6 Å². The number of hydrogen-bond donors (Lipinski definition) is 1. The highest BCUT2D eigenvalue weighted by molar-refractivity contribution is 9.10. The highest BCUT2D eigenvalue weighted by Crippen LogP contribution is 2.29. The van der Waals surface area contributed by atoms with E-state index < -0.39 is 0 Å². The van der Waals surface area contributed by atoms with Crippen molar-refractivity contribution < 1.29 is 9.47 Å². The highest BCUT2D eigenvalue weighted by atomic mass is 79.9. The Kier molecular flexibility index (Phi) is 6.52. The Labute approximate surface area is 136 Å². The second-order valence-electron chi connectivity index (χ2n) is 6.28. The molecule has 1 heterocycles. The fourth-order valence-corrected chi connectivity index (χ4v) is 3.17. The molecule has 0 radical (unpaired) electrons. The van der Waals surface area contributed by atoms with Crippen LogP contribution in [0.1, 0.15) is 31.4 Å². The van der Waals surface area contributed by atoms with Gasteiger partial charge in [-0.25, -0.2) is 0 Å². The van der Waals surface area contributed by atoms with E-state index in [1.54, 1.807) is 0 Å². The van der Waals surface area contributed by atoms with Gasteiger partial charge in [-0.2, -0.15) is 0 Å². The van der Waals surface area contributed by atoms with E-state index in [9.17, 15) is 0 Å². The van der Waals surface area contributed by atoms with Crippen LogP contribution >= 0.6 is 15.9 Å². The predicted octanol–water partition coefficient (Wildman–Crippen LogP) is 3.92. The van der Waals surface area contributed by atoms with Crippen molar-refractivity contribution in [1.82, 2.24) is 5.32 Å². The maximum absolute atomic E-state index is 6.12. The molecule has 1 aromatic carbocycles. The van der Waals surface area contributed by atoms with Gasteiger partial charge in [0, 0.05) is 29.1 Å². The summed E-state index contributed by atoms with van der Waals surface area (Å²) in [6.07, 6.45) is 1.11. The molecule has 21 heavy (non-hydrogen) atoms. The monoisotopic (exact) mass is 355 g/mol. The first-order valence-electron chi connectivity index (χ1n) is 7.76. The molecule has 1 atom stereocenters. The van der Waals surface area contributed by atoms with Gasteiger partial charge in [-0.1, -0.05) is 29.8 Å². The van der Waals surface area contributed by atoms with E-state index in [0.717, 1.165) is 49.6 Å². The molecule has 1 aliphatic heterocycles. The Morgan fingerprint density at radius 2 is 2.24 bits per heavy atom. The van der Waals surface area contributed by atoms with Crippen LogP contribution in [0.3, 0.4) is 0 Å². The standard InChI is InChI=1S/C17H26BrNO2/c1-12(2)8-19-9-15-7-16(18)6-13(3)17(15)21-11-14-4-5-20-10-14/h6-7,12,14,19H,4-5,8-11H2,1-3H3. The summed E-state index contributed by atoms with van der Waals surface area (Å²) < 4.78 is 12.6. The Balaban J connectivity index is 2.02. The number of halogens is 1. The molecule has 1 N–H and O–H groups in total. The van der Waals surface area contributed by atoms with Crippen LogP contribution in [-0.2, 0) is 11.3 Å². The number of nitrogens with one attached hydrogen (secondary N) is 1. The van der Waals surface area contributed by atoms with Crippen molar-refractivity contribution in [3.05, 3.63) is 27.7 Å². The van der Waals surface area contributed by atoms with Crippen LogP contribution in [0.25, 0.3) is 0 Å². The molecule has 0 aromatic heterocycles. The van der Waals surface area contributed by atoms with Gasteiger partial charge >= 0.3 is 0 Å². The van der Waals surface area contributed by atoms with Crippen LogP contribution in [0, 0.1) is 18.8 Å². The van der Waals surface area contributed by atoms with Gasteiger partial charge < -0.3 is 14.8 Å². The number of ether oxygens (including phenoxy) is 2. The summed E-state index contributed by atoms with van der Waals surface area (Å²) in [4.78, 5) is 0. The van der Waals surface area contributed by atoms with E-state index in [1.807, 2.05) is 0 Å². The quantitative estimate of drug-likeness (QED) is 0.803. The van der Waals surface area contributed by atoms with Gasteiger partial charge in [0.25, 0.3) is 0 Å². The smallest absolute Gasteiger partial charge is 0.126 e. The van der Waals surface area contributed by atoms with Crippen molar-refractivity contribution in [2.75, 3.05) is 26.4 Å². The zero-order valence-corrected chi connectivity index (χ0v) is 14.8. The Bertz CT molecular complexity index is 456. The molecular weight excluding hydrogens is 330 g/mol. The van der Waals surface area contributed by atoms with Crippen LogP contribution in [0.5, 0.6) is 5.75 Å². The average Bonchev–Trinajstić information content (AvgIpc) is 2.90. The van der Waals surface area contributed by atoms with Crippen molar-refractivity contribution >= 4 is 15.9 Å².